The van der Waals surface area contributed by atoms with Crippen LogP contribution >= 0.6 is 0 Å². The van der Waals surface area contributed by atoms with Crippen molar-refractivity contribution in [3.05, 3.63) is 34.9 Å². The molecule has 0 fully saturated rings. The van der Waals surface area contributed by atoms with Gasteiger partial charge in [-0.15, -0.1) is 0 Å². The molecule has 0 aromatic heterocycles. The van der Waals surface area contributed by atoms with Crippen molar-refractivity contribution >= 4 is 11.8 Å². The van der Waals surface area contributed by atoms with Crippen molar-refractivity contribution in [3.63, 3.8) is 0 Å². The zero-order valence-corrected chi connectivity index (χ0v) is 11.0. The maximum Gasteiger partial charge on any atom is 0.338 e. The van der Waals surface area contributed by atoms with Crippen LogP contribution in [0.5, 0.6) is 0 Å². The van der Waals surface area contributed by atoms with Crippen LogP contribution in [0.15, 0.2) is 18.2 Å². The lowest BCUT2D eigenvalue weighted by Crippen LogP contribution is -2.24. The second-order valence-electron chi connectivity index (χ2n) is 5.07. The molecule has 0 N–H and O–H groups in total. The molecule has 0 atom stereocenters. The van der Waals surface area contributed by atoms with E-state index in [-0.39, 0.29) is 5.78 Å². The van der Waals surface area contributed by atoms with Crippen molar-refractivity contribution in [1.82, 2.24) is 0 Å². The normalized spacial score (nSPS) is 11.1. The average molecular weight is 234 g/mol. The average Bonchev–Trinajstić information content (AvgIpc) is 2.25. The molecule has 1 aromatic rings. The van der Waals surface area contributed by atoms with Gasteiger partial charge in [-0.1, -0.05) is 32.9 Å². The molecule has 0 bridgehead atoms. The molecular weight excluding hydrogens is 216 g/mol. The van der Waals surface area contributed by atoms with Gasteiger partial charge in [-0.2, -0.15) is 0 Å². The lowest BCUT2D eigenvalue weighted by atomic mass is 9.83. The molecule has 0 heterocycles. The Morgan fingerprint density at radius 2 is 1.76 bits per heavy atom. The molecule has 17 heavy (non-hydrogen) atoms. The molecule has 3 nitrogen and oxygen atoms in total. The van der Waals surface area contributed by atoms with Gasteiger partial charge in [0.05, 0.1) is 12.7 Å². The van der Waals surface area contributed by atoms with E-state index in [9.17, 15) is 9.59 Å². The lowest BCUT2D eigenvalue weighted by molar-refractivity contribution is 0.0594. The third kappa shape index (κ3) is 2.73. The van der Waals surface area contributed by atoms with E-state index in [0.29, 0.717) is 11.1 Å². The molecule has 0 radical (unpaired) electrons. The highest BCUT2D eigenvalue weighted by Crippen LogP contribution is 2.26. The van der Waals surface area contributed by atoms with E-state index in [4.69, 9.17) is 4.74 Å². The predicted molar refractivity (Wildman–Crippen MR) is 66.3 cm³/mol. The summed E-state index contributed by atoms with van der Waals surface area (Å²) in [7, 11) is 1.32. The molecule has 0 saturated heterocycles. The Bertz CT molecular complexity index is 453. The first-order valence-electron chi connectivity index (χ1n) is 5.51. The van der Waals surface area contributed by atoms with Crippen LogP contribution < -0.4 is 0 Å². The maximum atomic E-state index is 12.3. The molecule has 0 amide bonds. The number of benzene rings is 1. The van der Waals surface area contributed by atoms with Crippen molar-refractivity contribution in [3.8, 4) is 0 Å². The van der Waals surface area contributed by atoms with Crippen molar-refractivity contribution in [2.75, 3.05) is 7.11 Å². The highest BCUT2D eigenvalue weighted by Gasteiger charge is 2.28. The minimum atomic E-state index is -0.519. The fraction of sp³-hybridized carbons (Fsp3) is 0.429. The van der Waals surface area contributed by atoms with E-state index in [1.807, 2.05) is 33.8 Å². The molecule has 0 aliphatic heterocycles. The zero-order chi connectivity index (χ0) is 13.2. The highest BCUT2D eigenvalue weighted by atomic mass is 16.5. The summed E-state index contributed by atoms with van der Waals surface area (Å²) in [5.74, 6) is -0.516. The molecular formula is C14H18O3. The summed E-state index contributed by atoms with van der Waals surface area (Å²) >= 11 is 0. The Labute approximate surface area is 102 Å². The van der Waals surface area contributed by atoms with Gasteiger partial charge < -0.3 is 4.74 Å². The van der Waals surface area contributed by atoms with Crippen LogP contribution in [-0.2, 0) is 4.74 Å². The first-order chi connectivity index (χ1) is 7.79. The number of aryl methyl sites for hydroxylation is 1. The van der Waals surface area contributed by atoms with E-state index in [1.165, 1.54) is 7.11 Å². The van der Waals surface area contributed by atoms with Gasteiger partial charge in [0.15, 0.2) is 5.78 Å². The highest BCUT2D eigenvalue weighted by molar-refractivity contribution is 6.09. The van der Waals surface area contributed by atoms with Gasteiger partial charge in [-0.3, -0.25) is 4.79 Å². The van der Waals surface area contributed by atoms with Crippen LogP contribution in [0.3, 0.4) is 0 Å². The first-order valence-corrected chi connectivity index (χ1v) is 5.51. The number of Topliss-reactive ketones (excluding diaryl/α,β-unsaturated/α-hetero) is 1. The Morgan fingerprint density at radius 1 is 1.18 bits per heavy atom. The van der Waals surface area contributed by atoms with Gasteiger partial charge in [0.1, 0.15) is 0 Å². The third-order valence-electron chi connectivity index (χ3n) is 2.59. The standard InChI is InChI=1S/C14H18O3/c1-9-7-6-8-10(13(16)17-5)11(9)12(15)14(2,3)4/h6-8H,1-5H3. The molecule has 92 valence electrons. The number of carbonyl (C=O) groups is 2. The van der Waals surface area contributed by atoms with Crippen LogP contribution in [0.4, 0.5) is 0 Å². The lowest BCUT2D eigenvalue weighted by Gasteiger charge is -2.20. The molecule has 0 aliphatic rings. The molecule has 0 aliphatic carbocycles. The molecule has 3 heteroatoms. The Kier molecular flexibility index (Phi) is 3.71. The minimum Gasteiger partial charge on any atom is -0.465 e. The molecule has 0 unspecified atom stereocenters. The van der Waals surface area contributed by atoms with E-state index in [0.717, 1.165) is 5.56 Å². The second kappa shape index (κ2) is 4.70. The van der Waals surface area contributed by atoms with Crippen LogP contribution in [-0.4, -0.2) is 18.9 Å². The smallest absolute Gasteiger partial charge is 0.338 e. The Balaban J connectivity index is 3.41. The summed E-state index contributed by atoms with van der Waals surface area (Å²) in [5, 5.41) is 0. The van der Waals surface area contributed by atoms with E-state index in [1.54, 1.807) is 12.1 Å². The summed E-state index contributed by atoms with van der Waals surface area (Å²) in [6.07, 6.45) is 0. The van der Waals surface area contributed by atoms with E-state index in [2.05, 4.69) is 0 Å². The van der Waals surface area contributed by atoms with Crippen LogP contribution in [0, 0.1) is 12.3 Å². The Hall–Kier alpha value is -1.64. The first kappa shape index (κ1) is 13.4. The summed E-state index contributed by atoms with van der Waals surface area (Å²) in [4.78, 5) is 24.0. The fourth-order valence-corrected chi connectivity index (χ4v) is 1.62. The van der Waals surface area contributed by atoms with Gasteiger partial charge in [0.25, 0.3) is 0 Å². The van der Waals surface area contributed by atoms with Crippen molar-refractivity contribution < 1.29 is 14.3 Å². The maximum absolute atomic E-state index is 12.3. The third-order valence-corrected chi connectivity index (χ3v) is 2.59. The van der Waals surface area contributed by atoms with Gasteiger partial charge in [-0.25, -0.2) is 4.79 Å². The van der Waals surface area contributed by atoms with Crippen molar-refractivity contribution in [2.45, 2.75) is 27.7 Å². The van der Waals surface area contributed by atoms with Crippen LogP contribution in [0.2, 0.25) is 0 Å². The van der Waals surface area contributed by atoms with Gasteiger partial charge in [-0.05, 0) is 18.6 Å². The molecule has 0 spiro atoms. The van der Waals surface area contributed by atoms with Gasteiger partial charge in [0.2, 0.25) is 0 Å². The fourth-order valence-electron chi connectivity index (χ4n) is 1.62. The van der Waals surface area contributed by atoms with Crippen molar-refractivity contribution in [2.24, 2.45) is 5.41 Å². The number of hydrogen-bond acceptors (Lipinski definition) is 3. The van der Waals surface area contributed by atoms with E-state index < -0.39 is 11.4 Å². The second-order valence-corrected chi connectivity index (χ2v) is 5.07. The topological polar surface area (TPSA) is 43.4 Å². The van der Waals surface area contributed by atoms with Crippen LogP contribution in [0.1, 0.15) is 47.1 Å². The number of ether oxygens (including phenoxy) is 1. The SMILES string of the molecule is COC(=O)c1cccc(C)c1C(=O)C(C)(C)C. The number of rotatable bonds is 2. The molecule has 0 saturated carbocycles. The quantitative estimate of drug-likeness (QED) is 0.583. The number of ketones is 1. The van der Waals surface area contributed by atoms with E-state index >= 15 is 0 Å². The largest absolute Gasteiger partial charge is 0.465 e. The summed E-state index contributed by atoms with van der Waals surface area (Å²) < 4.78 is 4.70. The number of carbonyl (C=O) groups excluding carboxylic acids is 2. The van der Waals surface area contributed by atoms with Crippen molar-refractivity contribution in [1.29, 1.82) is 0 Å². The monoisotopic (exact) mass is 234 g/mol. The number of hydrogen-bond donors (Lipinski definition) is 0. The Morgan fingerprint density at radius 3 is 2.24 bits per heavy atom. The predicted octanol–water partition coefficient (Wildman–Crippen LogP) is 3.01. The minimum absolute atomic E-state index is 0.0454. The number of esters is 1. The molecule has 1 aromatic carbocycles. The summed E-state index contributed by atoms with van der Waals surface area (Å²) in [6.45, 7) is 7.33. The van der Waals surface area contributed by atoms with Gasteiger partial charge in [0, 0.05) is 11.0 Å². The zero-order valence-electron chi connectivity index (χ0n) is 11.0. The number of methoxy groups -OCH3 is 1. The van der Waals surface area contributed by atoms with Gasteiger partial charge >= 0.3 is 5.97 Å². The summed E-state index contributed by atoms with van der Waals surface area (Å²) in [6, 6.07) is 5.20. The summed E-state index contributed by atoms with van der Waals surface area (Å²) in [5.41, 5.74) is 1.08. The van der Waals surface area contributed by atoms with Crippen LogP contribution in [0.25, 0.3) is 0 Å². The molecule has 1 rings (SSSR count).